The molecule has 2 heterocycles. The molecule has 20 heavy (non-hydrogen) atoms. The summed E-state index contributed by atoms with van der Waals surface area (Å²) in [6.45, 7) is 4.70. The molecule has 0 fully saturated rings. The summed E-state index contributed by atoms with van der Waals surface area (Å²) in [7, 11) is 0. The molecule has 0 saturated heterocycles. The van der Waals surface area contributed by atoms with Crippen LogP contribution in [0.3, 0.4) is 0 Å². The van der Waals surface area contributed by atoms with E-state index in [0.29, 0.717) is 10.1 Å². The van der Waals surface area contributed by atoms with Crippen molar-refractivity contribution < 1.29 is 9.21 Å². The Kier molecular flexibility index (Phi) is 5.11. The Morgan fingerprint density at radius 2 is 2.35 bits per heavy atom. The first-order valence-corrected chi connectivity index (χ1v) is 7.41. The number of carbonyl (C=O) groups excluding carboxylic acids is 1. The van der Waals surface area contributed by atoms with Gasteiger partial charge in [-0.2, -0.15) is 0 Å². The number of aromatic nitrogens is 2. The topological polar surface area (TPSA) is 80.0 Å². The van der Waals surface area contributed by atoms with Crippen molar-refractivity contribution in [3.63, 3.8) is 0 Å². The fraction of sp³-hybridized carbons (Fsp3) is 0.462. The molecule has 2 aromatic rings. The van der Waals surface area contributed by atoms with Crippen molar-refractivity contribution in [2.45, 2.75) is 32.7 Å². The second-order valence-corrected chi connectivity index (χ2v) is 5.41. The van der Waals surface area contributed by atoms with E-state index in [0.717, 1.165) is 25.1 Å². The average molecular weight is 294 g/mol. The van der Waals surface area contributed by atoms with Gasteiger partial charge >= 0.3 is 0 Å². The van der Waals surface area contributed by atoms with Gasteiger partial charge in [0.15, 0.2) is 0 Å². The van der Waals surface area contributed by atoms with Crippen LogP contribution >= 0.6 is 11.3 Å². The summed E-state index contributed by atoms with van der Waals surface area (Å²) in [5.41, 5.74) is 0. The summed E-state index contributed by atoms with van der Waals surface area (Å²) in [5, 5.41) is 14.8. The highest BCUT2D eigenvalue weighted by molar-refractivity contribution is 7.17. The Morgan fingerprint density at radius 3 is 3.05 bits per heavy atom. The third kappa shape index (κ3) is 4.06. The van der Waals surface area contributed by atoms with Crippen LogP contribution < -0.4 is 10.6 Å². The van der Waals surface area contributed by atoms with Crippen molar-refractivity contribution in [1.29, 1.82) is 0 Å². The molecule has 0 saturated carbocycles. The number of carbonyl (C=O) groups is 1. The van der Waals surface area contributed by atoms with Crippen molar-refractivity contribution in [3.8, 4) is 0 Å². The molecule has 7 heteroatoms. The maximum atomic E-state index is 12.0. The molecular weight excluding hydrogens is 276 g/mol. The smallest absolute Gasteiger partial charge is 0.282 e. The Balaban J connectivity index is 1.80. The highest BCUT2D eigenvalue weighted by Crippen LogP contribution is 2.15. The number of anilines is 1. The van der Waals surface area contributed by atoms with E-state index in [4.69, 9.17) is 4.42 Å². The second kappa shape index (κ2) is 7.04. The summed E-state index contributed by atoms with van der Waals surface area (Å²) in [5.74, 6) is 0.745. The second-order valence-electron chi connectivity index (χ2n) is 4.44. The van der Waals surface area contributed by atoms with E-state index in [9.17, 15) is 4.79 Å². The summed E-state index contributed by atoms with van der Waals surface area (Å²) in [6, 6.07) is 3.85. The van der Waals surface area contributed by atoms with Crippen LogP contribution in [0.5, 0.6) is 0 Å². The lowest BCUT2D eigenvalue weighted by atomic mass is 10.1. The molecule has 0 aliphatic rings. The highest BCUT2D eigenvalue weighted by atomic mass is 32.1. The first-order chi connectivity index (χ1) is 9.69. The summed E-state index contributed by atoms with van der Waals surface area (Å²) in [6.07, 6.45) is 3.27. The molecule has 6 nitrogen and oxygen atoms in total. The van der Waals surface area contributed by atoms with Gasteiger partial charge in [-0.25, -0.2) is 0 Å². The van der Waals surface area contributed by atoms with Crippen molar-refractivity contribution in [1.82, 2.24) is 15.5 Å². The molecule has 2 N–H and O–H groups in total. The minimum absolute atomic E-state index is 0.0547. The van der Waals surface area contributed by atoms with Gasteiger partial charge in [0.05, 0.1) is 6.26 Å². The van der Waals surface area contributed by atoms with Crippen molar-refractivity contribution in [2.24, 2.45) is 0 Å². The lowest BCUT2D eigenvalue weighted by Crippen LogP contribution is -2.32. The molecular formula is C13H18N4O2S. The van der Waals surface area contributed by atoms with E-state index < -0.39 is 0 Å². The standard InChI is InChI=1S/C13H18N4O2S/c1-3-14-13-17-16-12(20-13)11(18)15-9(2)6-7-10-5-4-8-19-10/h4-5,8-9H,3,6-7H2,1-2H3,(H,14,17)(H,15,18). The molecule has 0 aromatic carbocycles. The van der Waals surface area contributed by atoms with Gasteiger partial charge in [0.1, 0.15) is 5.76 Å². The minimum Gasteiger partial charge on any atom is -0.469 e. The van der Waals surface area contributed by atoms with Crippen LogP contribution in [-0.4, -0.2) is 28.7 Å². The lowest BCUT2D eigenvalue weighted by Gasteiger charge is -2.11. The fourth-order valence-electron chi connectivity index (χ4n) is 1.71. The van der Waals surface area contributed by atoms with E-state index in [1.807, 2.05) is 26.0 Å². The zero-order chi connectivity index (χ0) is 14.4. The molecule has 1 atom stereocenters. The molecule has 0 bridgehead atoms. The van der Waals surface area contributed by atoms with Crippen LogP contribution in [0.1, 0.15) is 35.8 Å². The number of aryl methyl sites for hydroxylation is 1. The monoisotopic (exact) mass is 294 g/mol. The predicted octanol–water partition coefficient (Wildman–Crippen LogP) is 2.31. The number of nitrogens with zero attached hydrogens (tertiary/aromatic N) is 2. The SMILES string of the molecule is CCNc1nnc(C(=O)NC(C)CCc2ccco2)s1. The summed E-state index contributed by atoms with van der Waals surface area (Å²) >= 11 is 1.26. The van der Waals surface area contributed by atoms with Crippen LogP contribution in [0, 0.1) is 0 Å². The minimum atomic E-state index is -0.182. The zero-order valence-electron chi connectivity index (χ0n) is 11.5. The summed E-state index contributed by atoms with van der Waals surface area (Å²) < 4.78 is 5.26. The van der Waals surface area contributed by atoms with E-state index in [1.165, 1.54) is 11.3 Å². The molecule has 2 aromatic heterocycles. The quantitative estimate of drug-likeness (QED) is 0.819. The number of rotatable bonds is 7. The third-order valence-corrected chi connectivity index (χ3v) is 3.61. The Hall–Kier alpha value is -1.89. The molecule has 2 rings (SSSR count). The van der Waals surface area contributed by atoms with Crippen molar-refractivity contribution in [2.75, 3.05) is 11.9 Å². The molecule has 108 valence electrons. The normalized spacial score (nSPS) is 12.1. The van der Waals surface area contributed by atoms with Crippen LogP contribution in [0.2, 0.25) is 0 Å². The van der Waals surface area contributed by atoms with Gasteiger partial charge in [-0.15, -0.1) is 10.2 Å². The molecule has 1 unspecified atom stereocenters. The molecule has 0 radical (unpaired) electrons. The summed E-state index contributed by atoms with van der Waals surface area (Å²) in [4.78, 5) is 12.0. The van der Waals surface area contributed by atoms with Crippen LogP contribution in [0.4, 0.5) is 5.13 Å². The lowest BCUT2D eigenvalue weighted by molar-refractivity contribution is 0.0937. The number of hydrogen-bond acceptors (Lipinski definition) is 6. The van der Waals surface area contributed by atoms with E-state index in [2.05, 4.69) is 20.8 Å². The third-order valence-electron chi connectivity index (χ3n) is 2.73. The average Bonchev–Trinajstić information content (AvgIpc) is 3.08. The van der Waals surface area contributed by atoms with Crippen LogP contribution in [0.15, 0.2) is 22.8 Å². The molecule has 0 aliphatic carbocycles. The van der Waals surface area contributed by atoms with Gasteiger partial charge in [-0.05, 0) is 32.4 Å². The highest BCUT2D eigenvalue weighted by Gasteiger charge is 2.15. The fourth-order valence-corrected chi connectivity index (χ4v) is 2.42. The van der Waals surface area contributed by atoms with E-state index in [-0.39, 0.29) is 11.9 Å². The van der Waals surface area contributed by atoms with Crippen molar-refractivity contribution >= 4 is 22.4 Å². The van der Waals surface area contributed by atoms with Gasteiger partial charge in [0.25, 0.3) is 5.91 Å². The van der Waals surface area contributed by atoms with Gasteiger partial charge in [0.2, 0.25) is 10.1 Å². The maximum absolute atomic E-state index is 12.0. The van der Waals surface area contributed by atoms with Gasteiger partial charge in [-0.3, -0.25) is 4.79 Å². The van der Waals surface area contributed by atoms with Crippen molar-refractivity contribution in [3.05, 3.63) is 29.2 Å². The first-order valence-electron chi connectivity index (χ1n) is 6.59. The number of hydrogen-bond donors (Lipinski definition) is 2. The van der Waals surface area contributed by atoms with Crippen LogP contribution in [0.25, 0.3) is 0 Å². The predicted molar refractivity (Wildman–Crippen MR) is 78.0 cm³/mol. The molecule has 0 aliphatic heterocycles. The van der Waals surface area contributed by atoms with Gasteiger partial charge < -0.3 is 15.1 Å². The van der Waals surface area contributed by atoms with E-state index in [1.54, 1.807) is 6.26 Å². The molecule has 0 spiro atoms. The number of nitrogens with one attached hydrogen (secondary N) is 2. The number of amides is 1. The van der Waals surface area contributed by atoms with Crippen LogP contribution in [-0.2, 0) is 6.42 Å². The van der Waals surface area contributed by atoms with Gasteiger partial charge in [-0.1, -0.05) is 11.3 Å². The zero-order valence-corrected chi connectivity index (χ0v) is 12.4. The Labute approximate surface area is 121 Å². The maximum Gasteiger partial charge on any atom is 0.282 e. The Morgan fingerprint density at radius 1 is 1.50 bits per heavy atom. The van der Waals surface area contributed by atoms with Gasteiger partial charge in [0, 0.05) is 19.0 Å². The van der Waals surface area contributed by atoms with E-state index >= 15 is 0 Å². The Bertz CT molecular complexity index is 538. The molecule has 1 amide bonds. The first kappa shape index (κ1) is 14.5. The largest absolute Gasteiger partial charge is 0.469 e. The number of furan rings is 1.